The zero-order chi connectivity index (χ0) is 16.1. The third-order valence-corrected chi connectivity index (χ3v) is 3.61. The van der Waals surface area contributed by atoms with Gasteiger partial charge in [0.15, 0.2) is 11.5 Å². The molecule has 0 spiro atoms. The first-order valence-corrected chi connectivity index (χ1v) is 7.50. The normalized spacial score (nSPS) is 13.4. The van der Waals surface area contributed by atoms with E-state index in [2.05, 4.69) is 6.58 Å². The van der Waals surface area contributed by atoms with Crippen LogP contribution in [0, 0.1) is 0 Å². The van der Waals surface area contributed by atoms with Crippen molar-refractivity contribution < 1.29 is 19.0 Å². The third-order valence-electron chi connectivity index (χ3n) is 3.61. The molecule has 0 saturated carbocycles. The molecule has 2 aromatic carbocycles. The van der Waals surface area contributed by atoms with E-state index in [9.17, 15) is 4.79 Å². The quantitative estimate of drug-likeness (QED) is 0.601. The summed E-state index contributed by atoms with van der Waals surface area (Å²) in [6.07, 6.45) is 2.16. The minimum absolute atomic E-state index is 0.221. The van der Waals surface area contributed by atoms with Crippen molar-refractivity contribution in [1.29, 1.82) is 0 Å². The Balaban J connectivity index is 1.71. The van der Waals surface area contributed by atoms with Gasteiger partial charge >= 0.3 is 5.97 Å². The average Bonchev–Trinajstić information content (AvgIpc) is 3.03. The van der Waals surface area contributed by atoms with Crippen LogP contribution in [0.15, 0.2) is 61.2 Å². The summed E-state index contributed by atoms with van der Waals surface area (Å²) in [5.41, 5.74) is 1.80. The highest BCUT2D eigenvalue weighted by atomic mass is 16.7. The van der Waals surface area contributed by atoms with Crippen LogP contribution < -0.4 is 9.47 Å². The van der Waals surface area contributed by atoms with E-state index in [0.717, 1.165) is 11.1 Å². The summed E-state index contributed by atoms with van der Waals surface area (Å²) in [7, 11) is 0. The first-order chi connectivity index (χ1) is 11.3. The Labute approximate surface area is 135 Å². The number of hydrogen-bond donors (Lipinski definition) is 0. The number of hydrogen-bond acceptors (Lipinski definition) is 4. The smallest absolute Gasteiger partial charge is 0.310 e. The van der Waals surface area contributed by atoms with Crippen LogP contribution >= 0.6 is 0 Å². The second-order valence-corrected chi connectivity index (χ2v) is 5.28. The molecule has 4 heteroatoms. The molecule has 4 nitrogen and oxygen atoms in total. The van der Waals surface area contributed by atoms with Crippen LogP contribution in [0.1, 0.15) is 23.7 Å². The van der Waals surface area contributed by atoms with Crippen molar-refractivity contribution in [3.05, 3.63) is 72.3 Å². The zero-order valence-electron chi connectivity index (χ0n) is 12.7. The van der Waals surface area contributed by atoms with Crippen molar-refractivity contribution in [3.8, 4) is 11.5 Å². The molecule has 0 N–H and O–H groups in total. The molecule has 1 aliphatic rings. The van der Waals surface area contributed by atoms with Crippen molar-refractivity contribution in [2.75, 3.05) is 6.79 Å². The van der Waals surface area contributed by atoms with Crippen LogP contribution in [-0.2, 0) is 16.0 Å². The van der Waals surface area contributed by atoms with E-state index in [0.29, 0.717) is 17.9 Å². The van der Waals surface area contributed by atoms with Crippen molar-refractivity contribution in [2.45, 2.75) is 18.9 Å². The molecule has 0 aliphatic carbocycles. The van der Waals surface area contributed by atoms with E-state index in [1.807, 2.05) is 48.5 Å². The minimum Gasteiger partial charge on any atom is -0.457 e. The summed E-state index contributed by atoms with van der Waals surface area (Å²) in [6, 6.07) is 15.1. The first-order valence-electron chi connectivity index (χ1n) is 7.50. The molecule has 118 valence electrons. The Bertz CT molecular complexity index is 694. The summed E-state index contributed by atoms with van der Waals surface area (Å²) in [6.45, 7) is 3.96. The van der Waals surface area contributed by atoms with Gasteiger partial charge in [-0.15, -0.1) is 6.58 Å². The minimum atomic E-state index is -0.377. The van der Waals surface area contributed by atoms with Gasteiger partial charge in [0.2, 0.25) is 6.79 Å². The molecule has 0 bridgehead atoms. The van der Waals surface area contributed by atoms with Crippen molar-refractivity contribution in [1.82, 2.24) is 0 Å². The fourth-order valence-electron chi connectivity index (χ4n) is 2.48. The molecule has 0 amide bonds. The standard InChI is InChI=1S/C19H18O4/c1-2-6-16(15-9-10-17-18(12-15)22-13-21-17)23-19(20)11-14-7-4-3-5-8-14/h2-5,7-10,12,16H,1,6,11,13H2/t16-/m0/s1. The largest absolute Gasteiger partial charge is 0.457 e. The Morgan fingerprint density at radius 2 is 1.96 bits per heavy atom. The van der Waals surface area contributed by atoms with E-state index in [1.54, 1.807) is 6.08 Å². The van der Waals surface area contributed by atoms with Crippen molar-refractivity contribution >= 4 is 5.97 Å². The molecule has 1 aliphatic heterocycles. The van der Waals surface area contributed by atoms with Gasteiger partial charge in [0.05, 0.1) is 6.42 Å². The van der Waals surface area contributed by atoms with E-state index >= 15 is 0 Å². The molecule has 2 aromatic rings. The summed E-state index contributed by atoms with van der Waals surface area (Å²) in [4.78, 5) is 12.2. The Kier molecular flexibility index (Phi) is 4.62. The lowest BCUT2D eigenvalue weighted by Crippen LogP contribution is -2.13. The van der Waals surface area contributed by atoms with Crippen molar-refractivity contribution in [3.63, 3.8) is 0 Å². The Morgan fingerprint density at radius 3 is 2.74 bits per heavy atom. The lowest BCUT2D eigenvalue weighted by atomic mass is 10.1. The highest BCUT2D eigenvalue weighted by molar-refractivity contribution is 5.73. The highest BCUT2D eigenvalue weighted by Crippen LogP contribution is 2.35. The number of rotatable bonds is 6. The number of ether oxygens (including phenoxy) is 3. The van der Waals surface area contributed by atoms with Crippen LogP contribution in [0.5, 0.6) is 11.5 Å². The van der Waals surface area contributed by atoms with E-state index < -0.39 is 0 Å². The van der Waals surface area contributed by atoms with Gasteiger partial charge in [-0.25, -0.2) is 0 Å². The number of esters is 1. The maximum Gasteiger partial charge on any atom is 0.310 e. The molecule has 0 aromatic heterocycles. The van der Waals surface area contributed by atoms with Crippen molar-refractivity contribution in [2.24, 2.45) is 0 Å². The molecule has 3 rings (SSSR count). The number of fused-ring (bicyclic) bond motifs is 1. The zero-order valence-corrected chi connectivity index (χ0v) is 12.7. The van der Waals surface area contributed by atoms with Gasteiger partial charge in [-0.05, 0) is 23.3 Å². The molecular formula is C19H18O4. The molecular weight excluding hydrogens is 292 g/mol. The molecule has 1 heterocycles. The number of benzene rings is 2. The molecule has 1 atom stereocenters. The highest BCUT2D eigenvalue weighted by Gasteiger charge is 2.20. The van der Waals surface area contributed by atoms with Crippen LogP contribution in [0.3, 0.4) is 0 Å². The topological polar surface area (TPSA) is 44.8 Å². The predicted molar refractivity (Wildman–Crippen MR) is 86.4 cm³/mol. The monoisotopic (exact) mass is 310 g/mol. The van der Waals surface area contributed by atoms with Gasteiger partial charge in [0.25, 0.3) is 0 Å². The lowest BCUT2D eigenvalue weighted by Gasteiger charge is -2.17. The van der Waals surface area contributed by atoms with E-state index in [4.69, 9.17) is 14.2 Å². The lowest BCUT2D eigenvalue weighted by molar-refractivity contribution is -0.148. The maximum absolute atomic E-state index is 12.2. The second kappa shape index (κ2) is 7.01. The van der Waals surface area contributed by atoms with Gasteiger partial charge in [-0.1, -0.05) is 42.5 Å². The average molecular weight is 310 g/mol. The van der Waals surface area contributed by atoms with Gasteiger partial charge in [-0.3, -0.25) is 4.79 Å². The molecule has 0 fully saturated rings. The molecule has 23 heavy (non-hydrogen) atoms. The van der Waals surface area contributed by atoms with Crippen LogP contribution in [-0.4, -0.2) is 12.8 Å². The molecule has 0 saturated heterocycles. The maximum atomic E-state index is 12.2. The van der Waals surface area contributed by atoms with E-state index in [1.165, 1.54) is 0 Å². The summed E-state index contributed by atoms with van der Waals surface area (Å²) in [5, 5.41) is 0. The summed E-state index contributed by atoms with van der Waals surface area (Å²) in [5.74, 6) is 1.12. The van der Waals surface area contributed by atoms with Gasteiger partial charge in [0.1, 0.15) is 6.10 Å². The third kappa shape index (κ3) is 3.72. The van der Waals surface area contributed by atoms with Crippen LogP contribution in [0.25, 0.3) is 0 Å². The van der Waals surface area contributed by atoms with Crippen LogP contribution in [0.2, 0.25) is 0 Å². The molecule has 0 radical (unpaired) electrons. The molecule has 0 unspecified atom stereocenters. The van der Waals surface area contributed by atoms with Crippen LogP contribution in [0.4, 0.5) is 0 Å². The van der Waals surface area contributed by atoms with Gasteiger partial charge in [-0.2, -0.15) is 0 Å². The Hall–Kier alpha value is -2.75. The SMILES string of the molecule is C=CC[C@H](OC(=O)Cc1ccccc1)c1ccc2c(c1)OCO2. The number of carbonyl (C=O) groups is 1. The Morgan fingerprint density at radius 1 is 1.17 bits per heavy atom. The van der Waals surface area contributed by atoms with E-state index in [-0.39, 0.29) is 25.3 Å². The number of carbonyl (C=O) groups excluding carboxylic acids is 1. The summed E-state index contributed by atoms with van der Waals surface area (Å²) >= 11 is 0. The predicted octanol–water partition coefficient (Wildman–Crippen LogP) is 3.82. The first kappa shape index (κ1) is 15.2. The second-order valence-electron chi connectivity index (χ2n) is 5.28. The fraction of sp³-hybridized carbons (Fsp3) is 0.211. The fourth-order valence-corrected chi connectivity index (χ4v) is 2.48. The summed E-state index contributed by atoms with van der Waals surface area (Å²) < 4.78 is 16.3. The van der Waals surface area contributed by atoms with Gasteiger partial charge < -0.3 is 14.2 Å². The van der Waals surface area contributed by atoms with Gasteiger partial charge in [0, 0.05) is 6.42 Å².